The molecular weight excluding hydrogens is 382 g/mol. The molecule has 22 heavy (non-hydrogen) atoms. The molecule has 0 aliphatic heterocycles. The van der Waals surface area contributed by atoms with Crippen molar-refractivity contribution < 1.29 is 36.7 Å². The minimum absolute atomic E-state index is 0. The number of halogens is 4. The molecule has 6 heteroatoms. The molecule has 0 amide bonds. The van der Waals surface area contributed by atoms with Crippen molar-refractivity contribution in [2.45, 2.75) is 51.4 Å². The van der Waals surface area contributed by atoms with Gasteiger partial charge in [-0.05, 0) is 0 Å². The van der Waals surface area contributed by atoms with Crippen LogP contribution in [0.2, 0.25) is 0 Å². The Morgan fingerprint density at radius 3 is 1.41 bits per heavy atom. The first-order chi connectivity index (χ1) is 10.0. The van der Waals surface area contributed by atoms with Gasteiger partial charge >= 0.3 is 26.7 Å². The summed E-state index contributed by atoms with van der Waals surface area (Å²) in [6.07, 6.45) is 29.0. The molecular formula is C16H22BF4Rh. The average Bonchev–Trinajstić information content (AvgIpc) is 2.24. The van der Waals surface area contributed by atoms with E-state index in [1.807, 2.05) is 12.2 Å². The third-order valence-corrected chi connectivity index (χ3v) is 2.58. The van der Waals surface area contributed by atoms with E-state index in [9.17, 15) is 17.3 Å². The molecule has 2 rings (SSSR count). The third kappa shape index (κ3) is 27.7. The maximum Gasteiger partial charge on any atom is 3.00 e. The molecule has 2 aliphatic carbocycles. The molecule has 0 saturated heterocycles. The van der Waals surface area contributed by atoms with E-state index in [1.54, 1.807) is 0 Å². The van der Waals surface area contributed by atoms with Gasteiger partial charge in [0.05, 0.1) is 0 Å². The quantitative estimate of drug-likeness (QED) is 0.255. The van der Waals surface area contributed by atoms with Crippen molar-refractivity contribution in [3.8, 4) is 0 Å². The van der Waals surface area contributed by atoms with Crippen molar-refractivity contribution in [3.05, 3.63) is 48.6 Å². The predicted molar refractivity (Wildman–Crippen MR) is 81.0 cm³/mol. The van der Waals surface area contributed by atoms with Crippen LogP contribution in [0.4, 0.5) is 17.3 Å². The number of hydrogen-bond donors (Lipinski definition) is 0. The normalized spacial score (nSPS) is 18.7. The van der Waals surface area contributed by atoms with Gasteiger partial charge in [0.25, 0.3) is 0 Å². The average molecular weight is 404 g/mol. The van der Waals surface area contributed by atoms with Crippen molar-refractivity contribution in [2.24, 2.45) is 0 Å². The first kappa shape index (κ1) is 23.6. The van der Waals surface area contributed by atoms with Gasteiger partial charge in [0, 0.05) is 0 Å². The largest absolute Gasteiger partial charge is 3.00 e. The molecule has 0 heterocycles. The Morgan fingerprint density at radius 1 is 0.682 bits per heavy atom. The SMILES string of the molecule is F[B-](F)(F)F.[C-]1=C/C=C\CCCC1.[C-]1=CC=CCCCC1.[Rh+3]. The van der Waals surface area contributed by atoms with Gasteiger partial charge in [-0.25, -0.2) is 24.3 Å². The first-order valence-electron chi connectivity index (χ1n) is 7.31. The monoisotopic (exact) mass is 404 g/mol. The van der Waals surface area contributed by atoms with Crippen LogP contribution >= 0.6 is 0 Å². The van der Waals surface area contributed by atoms with Gasteiger partial charge in [0.15, 0.2) is 0 Å². The Bertz CT molecular complexity index is 285. The van der Waals surface area contributed by atoms with Crippen molar-refractivity contribution in [3.63, 3.8) is 0 Å². The zero-order valence-electron chi connectivity index (χ0n) is 12.5. The topological polar surface area (TPSA) is 0 Å². The van der Waals surface area contributed by atoms with E-state index in [1.165, 1.54) is 38.5 Å². The van der Waals surface area contributed by atoms with Crippen LogP contribution in [0, 0.1) is 12.2 Å². The van der Waals surface area contributed by atoms with Crippen LogP contribution in [0.15, 0.2) is 36.5 Å². The van der Waals surface area contributed by atoms with Crippen LogP contribution in [0.1, 0.15) is 51.4 Å². The second-order valence-corrected chi connectivity index (χ2v) is 4.58. The maximum absolute atomic E-state index is 9.75. The van der Waals surface area contributed by atoms with Gasteiger partial charge in [-0.2, -0.15) is 12.2 Å². The molecule has 0 unspecified atom stereocenters. The second-order valence-electron chi connectivity index (χ2n) is 4.58. The molecule has 0 fully saturated rings. The number of rotatable bonds is 0. The van der Waals surface area contributed by atoms with Crippen LogP contribution in [0.5, 0.6) is 0 Å². The Labute approximate surface area is 144 Å². The fraction of sp³-hybridized carbons (Fsp3) is 0.500. The van der Waals surface area contributed by atoms with Crippen molar-refractivity contribution in [1.29, 1.82) is 0 Å². The Balaban J connectivity index is 0. The Hall–Kier alpha value is -0.632. The first-order valence-corrected chi connectivity index (χ1v) is 7.31. The molecule has 0 aromatic rings. The molecule has 0 saturated carbocycles. The second kappa shape index (κ2) is 16.7. The number of allylic oxidation sites excluding steroid dienone is 8. The summed E-state index contributed by atoms with van der Waals surface area (Å²) in [5.74, 6) is 0. The zero-order chi connectivity index (χ0) is 15.8. The van der Waals surface area contributed by atoms with Gasteiger partial charge in [-0.3, -0.25) is 12.2 Å². The van der Waals surface area contributed by atoms with Gasteiger partial charge in [0.2, 0.25) is 0 Å². The minimum Gasteiger partial charge on any atom is -0.418 e. The molecule has 0 N–H and O–H groups in total. The Kier molecular flexibility index (Phi) is 18.0. The van der Waals surface area contributed by atoms with Crippen LogP contribution in [0.3, 0.4) is 0 Å². The van der Waals surface area contributed by atoms with E-state index in [0.717, 1.165) is 12.8 Å². The van der Waals surface area contributed by atoms with Crippen molar-refractivity contribution >= 4 is 7.25 Å². The van der Waals surface area contributed by atoms with E-state index in [0.29, 0.717) is 0 Å². The van der Waals surface area contributed by atoms with E-state index in [4.69, 9.17) is 0 Å². The standard InChI is InChI=1S/2C8H11.BF4.Rh/c2*1-2-4-6-8-7-5-3-1;2-1(3,4)5;/h2*1-3H,4,6-8H2;;/q3*-1;+3/b2-1-;;;. The summed E-state index contributed by atoms with van der Waals surface area (Å²) >= 11 is 0. The van der Waals surface area contributed by atoms with Crippen LogP contribution in [-0.2, 0) is 19.5 Å². The summed E-state index contributed by atoms with van der Waals surface area (Å²) < 4.78 is 39.0. The molecule has 0 atom stereocenters. The molecule has 2 aliphatic rings. The summed E-state index contributed by atoms with van der Waals surface area (Å²) in [7, 11) is -6.00. The summed E-state index contributed by atoms with van der Waals surface area (Å²) in [4.78, 5) is 0. The van der Waals surface area contributed by atoms with Crippen LogP contribution < -0.4 is 0 Å². The van der Waals surface area contributed by atoms with E-state index < -0.39 is 7.25 Å². The van der Waals surface area contributed by atoms with E-state index in [2.05, 4.69) is 36.5 Å². The van der Waals surface area contributed by atoms with Gasteiger partial charge in [0.1, 0.15) is 0 Å². The predicted octanol–water partition coefficient (Wildman–Crippen LogP) is 6.25. The Morgan fingerprint density at radius 2 is 1.05 bits per heavy atom. The summed E-state index contributed by atoms with van der Waals surface area (Å²) in [6, 6.07) is 0. The maximum atomic E-state index is 9.75. The fourth-order valence-electron chi connectivity index (χ4n) is 1.61. The molecule has 0 nitrogen and oxygen atoms in total. The molecule has 0 aromatic carbocycles. The van der Waals surface area contributed by atoms with Crippen molar-refractivity contribution in [1.82, 2.24) is 0 Å². The van der Waals surface area contributed by atoms with Crippen LogP contribution in [0.25, 0.3) is 0 Å². The van der Waals surface area contributed by atoms with Crippen LogP contribution in [-0.4, -0.2) is 7.25 Å². The molecule has 0 bridgehead atoms. The fourth-order valence-corrected chi connectivity index (χ4v) is 1.61. The smallest absolute Gasteiger partial charge is 0.418 e. The summed E-state index contributed by atoms with van der Waals surface area (Å²) in [5.41, 5.74) is 0. The molecule has 0 radical (unpaired) electrons. The summed E-state index contributed by atoms with van der Waals surface area (Å²) in [5, 5.41) is 0. The minimum atomic E-state index is -6.00. The van der Waals surface area contributed by atoms with Gasteiger partial charge in [-0.1, -0.05) is 38.5 Å². The molecule has 0 spiro atoms. The summed E-state index contributed by atoms with van der Waals surface area (Å²) in [6.45, 7) is 0. The number of hydrogen-bond acceptors (Lipinski definition) is 0. The zero-order valence-corrected chi connectivity index (χ0v) is 14.2. The third-order valence-electron chi connectivity index (χ3n) is 2.58. The van der Waals surface area contributed by atoms with E-state index >= 15 is 0 Å². The van der Waals surface area contributed by atoms with Gasteiger partial charge in [-0.15, -0.1) is 12.8 Å². The molecule has 126 valence electrons. The van der Waals surface area contributed by atoms with Crippen molar-refractivity contribution in [2.75, 3.05) is 0 Å². The van der Waals surface area contributed by atoms with Gasteiger partial charge < -0.3 is 17.3 Å². The molecule has 0 aromatic heterocycles. The van der Waals surface area contributed by atoms with E-state index in [-0.39, 0.29) is 19.5 Å².